The van der Waals surface area contributed by atoms with Crippen LogP contribution in [-0.2, 0) is 9.59 Å². The number of ketones is 1. The summed E-state index contributed by atoms with van der Waals surface area (Å²) in [7, 11) is 0. The molecule has 33 heavy (non-hydrogen) atoms. The van der Waals surface area contributed by atoms with Crippen LogP contribution in [0.25, 0.3) is 11.1 Å². The molecule has 1 aliphatic heterocycles. The number of rotatable bonds is 7. The molecule has 0 bridgehead atoms. The molecule has 9 heteroatoms. The van der Waals surface area contributed by atoms with Crippen molar-refractivity contribution in [3.8, 4) is 11.1 Å². The SMILES string of the molecule is CC1NC(N)(O)C(=O)C1NC(=O)c1ccc(-c2ccc(NC(=O)CNC3CCC3)cc2)cc1. The molecule has 2 fully saturated rings. The highest BCUT2D eigenvalue weighted by atomic mass is 16.3. The smallest absolute Gasteiger partial charge is 0.251 e. The predicted molar refractivity (Wildman–Crippen MR) is 124 cm³/mol. The summed E-state index contributed by atoms with van der Waals surface area (Å²) in [6.45, 7) is 1.97. The van der Waals surface area contributed by atoms with Crippen molar-refractivity contribution in [3.05, 3.63) is 54.1 Å². The summed E-state index contributed by atoms with van der Waals surface area (Å²) in [5.74, 6) is -3.31. The predicted octanol–water partition coefficient (Wildman–Crippen LogP) is 0.698. The summed E-state index contributed by atoms with van der Waals surface area (Å²) >= 11 is 0. The molecule has 2 aromatic carbocycles. The number of amides is 2. The van der Waals surface area contributed by atoms with Crippen LogP contribution >= 0.6 is 0 Å². The number of benzene rings is 2. The molecular weight excluding hydrogens is 422 g/mol. The third-order valence-electron chi connectivity index (χ3n) is 6.20. The molecule has 1 heterocycles. The summed E-state index contributed by atoms with van der Waals surface area (Å²) in [5, 5.41) is 21.1. The Balaban J connectivity index is 1.33. The first-order valence-electron chi connectivity index (χ1n) is 11.1. The van der Waals surface area contributed by atoms with Gasteiger partial charge in [-0.3, -0.25) is 25.4 Å². The van der Waals surface area contributed by atoms with E-state index in [4.69, 9.17) is 5.73 Å². The number of hydrogen-bond acceptors (Lipinski definition) is 7. The van der Waals surface area contributed by atoms with Crippen LogP contribution < -0.4 is 27.0 Å². The van der Waals surface area contributed by atoms with Crippen LogP contribution in [0.4, 0.5) is 5.69 Å². The maximum Gasteiger partial charge on any atom is 0.251 e. The first-order valence-corrected chi connectivity index (χ1v) is 11.1. The number of hydrogen-bond donors (Lipinski definition) is 6. The zero-order valence-corrected chi connectivity index (χ0v) is 18.4. The first kappa shape index (κ1) is 23.1. The van der Waals surface area contributed by atoms with E-state index in [1.807, 2.05) is 36.4 Å². The lowest BCUT2D eigenvalue weighted by molar-refractivity contribution is -0.135. The Morgan fingerprint density at radius 2 is 1.70 bits per heavy atom. The lowest BCUT2D eigenvalue weighted by Crippen LogP contribution is -2.55. The molecule has 0 radical (unpaired) electrons. The normalized spacial score (nSPS) is 24.9. The number of carbonyl (C=O) groups is 3. The largest absolute Gasteiger partial charge is 0.357 e. The van der Waals surface area contributed by atoms with Gasteiger partial charge in [0.2, 0.25) is 17.5 Å². The van der Waals surface area contributed by atoms with E-state index in [1.165, 1.54) is 6.42 Å². The minimum absolute atomic E-state index is 0.0663. The Kier molecular flexibility index (Phi) is 6.57. The summed E-state index contributed by atoms with van der Waals surface area (Å²) < 4.78 is 0. The van der Waals surface area contributed by atoms with E-state index in [9.17, 15) is 19.5 Å². The molecule has 3 unspecified atom stereocenters. The van der Waals surface area contributed by atoms with Crippen molar-refractivity contribution in [2.45, 2.75) is 50.2 Å². The van der Waals surface area contributed by atoms with Gasteiger partial charge < -0.3 is 21.1 Å². The fourth-order valence-electron chi connectivity index (χ4n) is 4.00. The molecular formula is C24H29N5O4. The van der Waals surface area contributed by atoms with E-state index in [0.29, 0.717) is 18.2 Å². The van der Waals surface area contributed by atoms with E-state index >= 15 is 0 Å². The maximum atomic E-state index is 12.6. The second-order valence-electron chi connectivity index (χ2n) is 8.73. The first-order chi connectivity index (χ1) is 15.7. The molecule has 1 saturated carbocycles. The molecule has 2 aromatic rings. The van der Waals surface area contributed by atoms with Crippen molar-refractivity contribution in [2.24, 2.45) is 5.73 Å². The highest BCUT2D eigenvalue weighted by Crippen LogP contribution is 2.23. The maximum absolute atomic E-state index is 12.6. The molecule has 9 nitrogen and oxygen atoms in total. The summed E-state index contributed by atoms with van der Waals surface area (Å²) in [6, 6.07) is 13.5. The number of carbonyl (C=O) groups excluding carboxylic acids is 3. The van der Waals surface area contributed by atoms with Crippen LogP contribution in [0.3, 0.4) is 0 Å². The third-order valence-corrected chi connectivity index (χ3v) is 6.20. The average molecular weight is 452 g/mol. The number of anilines is 1. The van der Waals surface area contributed by atoms with Crippen molar-refractivity contribution in [2.75, 3.05) is 11.9 Å². The third kappa shape index (κ3) is 5.28. The Hall–Kier alpha value is -3.11. The van der Waals surface area contributed by atoms with Crippen molar-refractivity contribution in [3.63, 3.8) is 0 Å². The summed E-state index contributed by atoms with van der Waals surface area (Å²) in [5.41, 5.74) is 8.43. The van der Waals surface area contributed by atoms with Crippen LogP contribution in [0.5, 0.6) is 0 Å². The number of Topliss-reactive ketones (excluding diaryl/α,β-unsaturated/α-hetero) is 1. The molecule has 1 aliphatic carbocycles. The van der Waals surface area contributed by atoms with Crippen molar-refractivity contribution in [1.82, 2.24) is 16.0 Å². The molecule has 0 spiro atoms. The second-order valence-corrected chi connectivity index (χ2v) is 8.73. The Morgan fingerprint density at radius 3 is 2.21 bits per heavy atom. The van der Waals surface area contributed by atoms with Gasteiger partial charge in [0.05, 0.1) is 6.54 Å². The Morgan fingerprint density at radius 1 is 1.09 bits per heavy atom. The number of nitrogens with one attached hydrogen (secondary N) is 4. The van der Waals surface area contributed by atoms with Gasteiger partial charge in [-0.05, 0) is 55.2 Å². The van der Waals surface area contributed by atoms with Gasteiger partial charge in [-0.2, -0.15) is 0 Å². The molecule has 2 amide bonds. The fourth-order valence-corrected chi connectivity index (χ4v) is 4.00. The molecule has 7 N–H and O–H groups in total. The lowest BCUT2D eigenvalue weighted by atomic mass is 9.93. The van der Waals surface area contributed by atoms with Gasteiger partial charge in [0, 0.05) is 23.3 Å². The van der Waals surface area contributed by atoms with Gasteiger partial charge in [-0.15, -0.1) is 0 Å². The Labute approximate surface area is 192 Å². The zero-order chi connectivity index (χ0) is 23.6. The minimum atomic E-state index is -2.14. The zero-order valence-electron chi connectivity index (χ0n) is 18.4. The van der Waals surface area contributed by atoms with Crippen LogP contribution in [0, 0.1) is 0 Å². The van der Waals surface area contributed by atoms with Gasteiger partial charge >= 0.3 is 0 Å². The molecule has 4 rings (SSSR count). The molecule has 0 aromatic heterocycles. The van der Waals surface area contributed by atoms with E-state index in [0.717, 1.165) is 29.7 Å². The standard InChI is InChI=1S/C24H29N5O4/c1-14-21(22(31)24(25,33)29-14)28-23(32)17-7-5-15(6-8-17)16-9-11-19(12-10-16)27-20(30)13-26-18-3-2-4-18/h5-12,14,18,21,26,29,33H,2-4,13,25H2,1H3,(H,27,30)(H,28,32). The van der Waals surface area contributed by atoms with Crippen LogP contribution in [-0.4, -0.2) is 53.2 Å². The highest BCUT2D eigenvalue weighted by molar-refractivity contribution is 6.01. The van der Waals surface area contributed by atoms with Crippen LogP contribution in [0.2, 0.25) is 0 Å². The summed E-state index contributed by atoms with van der Waals surface area (Å²) in [6.07, 6.45) is 3.49. The van der Waals surface area contributed by atoms with Crippen LogP contribution in [0.1, 0.15) is 36.5 Å². The van der Waals surface area contributed by atoms with E-state index in [2.05, 4.69) is 21.3 Å². The number of nitrogens with two attached hydrogens (primary N) is 1. The van der Waals surface area contributed by atoms with Gasteiger partial charge in [0.1, 0.15) is 6.04 Å². The monoisotopic (exact) mass is 451 g/mol. The minimum Gasteiger partial charge on any atom is -0.357 e. The van der Waals surface area contributed by atoms with Gasteiger partial charge in [0.15, 0.2) is 0 Å². The molecule has 2 aliphatic rings. The summed E-state index contributed by atoms with van der Waals surface area (Å²) in [4.78, 5) is 36.8. The Bertz CT molecular complexity index is 1030. The van der Waals surface area contributed by atoms with Crippen LogP contribution in [0.15, 0.2) is 48.5 Å². The highest BCUT2D eigenvalue weighted by Gasteiger charge is 2.48. The van der Waals surface area contributed by atoms with Crippen molar-refractivity contribution < 1.29 is 19.5 Å². The topological polar surface area (TPSA) is 146 Å². The van der Waals surface area contributed by atoms with Crippen molar-refractivity contribution in [1.29, 1.82) is 0 Å². The molecule has 3 atom stereocenters. The number of aliphatic hydroxyl groups is 1. The fraction of sp³-hybridized carbons (Fsp3) is 0.375. The average Bonchev–Trinajstić information content (AvgIpc) is 2.94. The van der Waals surface area contributed by atoms with E-state index in [1.54, 1.807) is 19.1 Å². The van der Waals surface area contributed by atoms with E-state index in [-0.39, 0.29) is 5.91 Å². The van der Waals surface area contributed by atoms with Gasteiger partial charge in [0.25, 0.3) is 5.91 Å². The quantitative estimate of drug-likeness (QED) is 0.340. The molecule has 1 saturated heterocycles. The lowest BCUT2D eigenvalue weighted by Gasteiger charge is -2.26. The second kappa shape index (κ2) is 9.40. The van der Waals surface area contributed by atoms with Gasteiger partial charge in [-0.25, -0.2) is 0 Å². The van der Waals surface area contributed by atoms with Crippen molar-refractivity contribution >= 4 is 23.3 Å². The molecule has 174 valence electrons. The van der Waals surface area contributed by atoms with E-state index < -0.39 is 29.6 Å². The van der Waals surface area contributed by atoms with Gasteiger partial charge in [-0.1, -0.05) is 30.7 Å².